The van der Waals surface area contributed by atoms with Crippen LogP contribution in [0.2, 0.25) is 0 Å². The molecule has 156 valence electrons. The number of fused-ring (bicyclic) bond motifs is 1. The summed E-state index contributed by atoms with van der Waals surface area (Å²) >= 11 is 0. The van der Waals surface area contributed by atoms with Crippen LogP contribution >= 0.6 is 0 Å². The average molecular weight is 409 g/mol. The number of halogens is 3. The average Bonchev–Trinajstić information content (AvgIpc) is 3.17. The number of esters is 1. The number of rotatable bonds is 4. The van der Waals surface area contributed by atoms with E-state index in [1.807, 2.05) is 4.90 Å². The number of carbonyl (C=O) groups is 1. The van der Waals surface area contributed by atoms with Gasteiger partial charge in [-0.2, -0.15) is 17.7 Å². The lowest BCUT2D eigenvalue weighted by atomic mass is 9.95. The molecule has 1 aliphatic carbocycles. The largest absolute Gasteiger partial charge is 0.465 e. The van der Waals surface area contributed by atoms with Crippen molar-refractivity contribution in [2.75, 3.05) is 24.6 Å². The van der Waals surface area contributed by atoms with E-state index >= 15 is 0 Å². The predicted molar refractivity (Wildman–Crippen MR) is 98.2 cm³/mol. The summed E-state index contributed by atoms with van der Waals surface area (Å²) < 4.78 is 45.3. The molecule has 0 N–H and O–H groups in total. The smallest absolute Gasteiger partial charge is 0.453 e. The number of anilines is 1. The van der Waals surface area contributed by atoms with Gasteiger partial charge in [-0.1, -0.05) is 12.2 Å². The first-order valence-electron chi connectivity index (χ1n) is 9.78. The second kappa shape index (κ2) is 8.00. The molecular weight excluding hydrogens is 387 g/mol. The number of hydrogen-bond donors (Lipinski definition) is 0. The molecule has 3 heterocycles. The molecule has 7 nitrogen and oxygen atoms in total. The van der Waals surface area contributed by atoms with Crippen LogP contribution in [0.4, 0.5) is 19.0 Å². The van der Waals surface area contributed by atoms with Crippen LogP contribution in [0, 0.1) is 11.8 Å². The molecule has 2 aliphatic rings. The van der Waals surface area contributed by atoms with Gasteiger partial charge in [0.15, 0.2) is 5.65 Å². The highest BCUT2D eigenvalue weighted by molar-refractivity contribution is 5.72. The molecule has 29 heavy (non-hydrogen) atoms. The van der Waals surface area contributed by atoms with Gasteiger partial charge in [0.2, 0.25) is 0 Å². The van der Waals surface area contributed by atoms with Crippen LogP contribution in [0.25, 0.3) is 5.65 Å². The standard InChI is InChI=1S/C19H22F3N5O2/c20-19(21,22)18-24-23-15-6-7-16(25-27(15)18)26-10-8-14(9-11-26)17(28)29-12-13-4-2-1-3-5-13/h1-2,6-7,13-14H,3-5,8-12H2. The zero-order chi connectivity index (χ0) is 20.4. The number of piperidine rings is 1. The SMILES string of the molecule is O=C(OCC1CC=CCC1)C1CCN(c2ccc3nnc(C(F)(F)F)n3n2)CC1. The van der Waals surface area contributed by atoms with Gasteiger partial charge in [-0.15, -0.1) is 15.3 Å². The lowest BCUT2D eigenvalue weighted by Crippen LogP contribution is -2.38. The molecule has 0 aromatic carbocycles. The summed E-state index contributed by atoms with van der Waals surface area (Å²) in [4.78, 5) is 14.2. The Labute approximate surface area is 165 Å². The van der Waals surface area contributed by atoms with Gasteiger partial charge in [-0.3, -0.25) is 4.79 Å². The van der Waals surface area contributed by atoms with Crippen molar-refractivity contribution in [2.45, 2.75) is 38.3 Å². The molecule has 2 aromatic heterocycles. The van der Waals surface area contributed by atoms with Gasteiger partial charge in [0.05, 0.1) is 12.5 Å². The Balaban J connectivity index is 1.35. The van der Waals surface area contributed by atoms with Crippen molar-refractivity contribution in [1.29, 1.82) is 0 Å². The van der Waals surface area contributed by atoms with E-state index in [4.69, 9.17) is 4.74 Å². The Kier molecular flexibility index (Phi) is 5.42. The van der Waals surface area contributed by atoms with Crippen LogP contribution in [0.1, 0.15) is 37.9 Å². The summed E-state index contributed by atoms with van der Waals surface area (Å²) in [6, 6.07) is 3.09. The minimum absolute atomic E-state index is 0.0390. The molecule has 1 fully saturated rings. The third-order valence-corrected chi connectivity index (χ3v) is 5.49. The van der Waals surface area contributed by atoms with Crippen molar-refractivity contribution in [3.8, 4) is 0 Å². The summed E-state index contributed by atoms with van der Waals surface area (Å²) in [5.41, 5.74) is 0.0390. The van der Waals surface area contributed by atoms with Crippen molar-refractivity contribution >= 4 is 17.4 Å². The molecule has 0 amide bonds. The number of carbonyl (C=O) groups excluding carboxylic acids is 1. The molecule has 0 bridgehead atoms. The van der Waals surface area contributed by atoms with E-state index in [9.17, 15) is 18.0 Å². The Morgan fingerprint density at radius 1 is 1.14 bits per heavy atom. The number of aromatic nitrogens is 4. The van der Waals surface area contributed by atoms with Crippen molar-refractivity contribution in [1.82, 2.24) is 19.8 Å². The fourth-order valence-corrected chi connectivity index (χ4v) is 3.79. The molecule has 1 unspecified atom stereocenters. The van der Waals surface area contributed by atoms with E-state index in [2.05, 4.69) is 27.4 Å². The van der Waals surface area contributed by atoms with E-state index in [1.54, 1.807) is 6.07 Å². The summed E-state index contributed by atoms with van der Waals surface area (Å²) in [7, 11) is 0. The van der Waals surface area contributed by atoms with Crippen LogP contribution < -0.4 is 4.90 Å². The van der Waals surface area contributed by atoms with Gasteiger partial charge in [-0.05, 0) is 50.2 Å². The monoisotopic (exact) mass is 409 g/mol. The Morgan fingerprint density at radius 2 is 1.93 bits per heavy atom. The normalized spacial score (nSPS) is 20.9. The number of alkyl halides is 3. The third-order valence-electron chi connectivity index (χ3n) is 5.49. The molecule has 4 rings (SSSR count). The summed E-state index contributed by atoms with van der Waals surface area (Å²) in [6.07, 6.45) is 3.83. The summed E-state index contributed by atoms with van der Waals surface area (Å²) in [5, 5.41) is 10.8. The van der Waals surface area contributed by atoms with Gasteiger partial charge < -0.3 is 9.64 Å². The van der Waals surface area contributed by atoms with Crippen molar-refractivity contribution in [3.05, 3.63) is 30.1 Å². The highest BCUT2D eigenvalue weighted by Gasteiger charge is 2.38. The van der Waals surface area contributed by atoms with Gasteiger partial charge in [-0.25, -0.2) is 0 Å². The number of nitrogens with zero attached hydrogens (tertiary/aromatic N) is 5. The summed E-state index contributed by atoms with van der Waals surface area (Å²) in [6.45, 7) is 1.50. The van der Waals surface area contributed by atoms with Gasteiger partial charge in [0.1, 0.15) is 5.82 Å². The van der Waals surface area contributed by atoms with E-state index in [1.165, 1.54) is 6.07 Å². The second-order valence-electron chi connectivity index (χ2n) is 7.52. The van der Waals surface area contributed by atoms with Crippen LogP contribution in [0.5, 0.6) is 0 Å². The predicted octanol–water partition coefficient (Wildman–Crippen LogP) is 3.26. The maximum Gasteiger partial charge on any atom is 0.453 e. The maximum absolute atomic E-state index is 13.0. The minimum Gasteiger partial charge on any atom is -0.465 e. The van der Waals surface area contributed by atoms with Crippen molar-refractivity contribution < 1.29 is 22.7 Å². The van der Waals surface area contributed by atoms with Crippen LogP contribution in [0.3, 0.4) is 0 Å². The maximum atomic E-state index is 13.0. The number of hydrogen-bond acceptors (Lipinski definition) is 6. The second-order valence-corrected chi connectivity index (χ2v) is 7.52. The van der Waals surface area contributed by atoms with Gasteiger partial charge >= 0.3 is 12.1 Å². The molecule has 0 spiro atoms. The van der Waals surface area contributed by atoms with E-state index in [-0.39, 0.29) is 17.5 Å². The molecule has 10 heteroatoms. The van der Waals surface area contributed by atoms with Crippen LogP contribution in [-0.4, -0.2) is 45.5 Å². The van der Waals surface area contributed by atoms with Crippen LogP contribution in [0.15, 0.2) is 24.3 Å². The Hall–Kier alpha value is -2.65. The lowest BCUT2D eigenvalue weighted by molar-refractivity contribution is -0.150. The quantitative estimate of drug-likeness (QED) is 0.570. The lowest BCUT2D eigenvalue weighted by Gasteiger charge is -2.32. The van der Waals surface area contributed by atoms with Crippen LogP contribution in [-0.2, 0) is 15.7 Å². The molecule has 1 aliphatic heterocycles. The Morgan fingerprint density at radius 3 is 2.62 bits per heavy atom. The Bertz CT molecular complexity index is 903. The highest BCUT2D eigenvalue weighted by Crippen LogP contribution is 2.29. The molecule has 0 radical (unpaired) electrons. The van der Waals surface area contributed by atoms with E-state index in [0.717, 1.165) is 19.3 Å². The first-order chi connectivity index (χ1) is 13.9. The van der Waals surface area contributed by atoms with E-state index < -0.39 is 12.0 Å². The summed E-state index contributed by atoms with van der Waals surface area (Å²) in [5.74, 6) is -0.712. The van der Waals surface area contributed by atoms with Crippen molar-refractivity contribution in [2.24, 2.45) is 11.8 Å². The number of ether oxygens (including phenoxy) is 1. The molecule has 1 saturated heterocycles. The molecule has 0 saturated carbocycles. The van der Waals surface area contributed by atoms with Crippen molar-refractivity contribution in [3.63, 3.8) is 0 Å². The topological polar surface area (TPSA) is 72.6 Å². The number of allylic oxidation sites excluding steroid dienone is 2. The molecule has 2 aromatic rings. The molecule has 1 atom stereocenters. The van der Waals surface area contributed by atoms with Gasteiger partial charge in [0.25, 0.3) is 5.82 Å². The third kappa shape index (κ3) is 4.35. The van der Waals surface area contributed by atoms with Gasteiger partial charge in [0, 0.05) is 13.1 Å². The first kappa shape index (κ1) is 19.7. The molecular formula is C19H22F3N5O2. The zero-order valence-electron chi connectivity index (χ0n) is 15.8. The minimum atomic E-state index is -4.63. The fourth-order valence-electron chi connectivity index (χ4n) is 3.79. The zero-order valence-corrected chi connectivity index (χ0v) is 15.8. The highest BCUT2D eigenvalue weighted by atomic mass is 19.4. The fraction of sp³-hybridized carbons (Fsp3) is 0.579. The first-order valence-corrected chi connectivity index (χ1v) is 9.78. The van der Waals surface area contributed by atoms with E-state index in [0.29, 0.717) is 48.8 Å².